The Labute approximate surface area is 133 Å². The minimum Gasteiger partial charge on any atom is -0.497 e. The highest BCUT2D eigenvalue weighted by Crippen LogP contribution is 2.39. The van der Waals surface area contributed by atoms with Crippen LogP contribution >= 0.6 is 11.6 Å². The molecule has 0 spiro atoms. The van der Waals surface area contributed by atoms with Crippen LogP contribution in [0.2, 0.25) is 5.02 Å². The number of halogens is 1. The van der Waals surface area contributed by atoms with Crippen molar-refractivity contribution >= 4 is 23.2 Å². The first-order valence-corrected chi connectivity index (χ1v) is 7.25. The summed E-state index contributed by atoms with van der Waals surface area (Å²) in [5.74, 6) is 0.905. The summed E-state index contributed by atoms with van der Waals surface area (Å²) in [7, 11) is 1.55. The molecule has 5 nitrogen and oxygen atoms in total. The van der Waals surface area contributed by atoms with E-state index in [9.17, 15) is 4.79 Å². The molecule has 1 amide bonds. The maximum Gasteiger partial charge on any atom is 0.277 e. The molecule has 0 fully saturated rings. The van der Waals surface area contributed by atoms with Crippen LogP contribution in [-0.2, 0) is 0 Å². The number of amides is 1. The Bertz CT molecular complexity index is 720. The zero-order valence-corrected chi connectivity index (χ0v) is 13.0. The Morgan fingerprint density at radius 3 is 3.05 bits per heavy atom. The molecule has 0 saturated carbocycles. The van der Waals surface area contributed by atoms with Crippen molar-refractivity contribution in [1.82, 2.24) is 4.98 Å². The van der Waals surface area contributed by atoms with Crippen molar-refractivity contribution in [2.45, 2.75) is 13.0 Å². The summed E-state index contributed by atoms with van der Waals surface area (Å²) in [6, 6.07) is 8.66. The zero-order chi connectivity index (χ0) is 15.7. The van der Waals surface area contributed by atoms with Gasteiger partial charge in [0.1, 0.15) is 17.5 Å². The highest BCUT2D eigenvalue weighted by atomic mass is 35.5. The lowest BCUT2D eigenvalue weighted by Crippen LogP contribution is -2.42. The van der Waals surface area contributed by atoms with Gasteiger partial charge < -0.3 is 9.47 Å². The number of aromatic nitrogens is 1. The number of hydrogen-bond acceptors (Lipinski definition) is 4. The molecular formula is C16H15ClN2O3. The van der Waals surface area contributed by atoms with Crippen LogP contribution in [0.5, 0.6) is 11.5 Å². The quantitative estimate of drug-likeness (QED) is 0.853. The topological polar surface area (TPSA) is 51.7 Å². The smallest absolute Gasteiger partial charge is 0.277 e. The fourth-order valence-electron chi connectivity index (χ4n) is 2.41. The number of carbonyl (C=O) groups excluding carboxylic acids is 1. The lowest BCUT2D eigenvalue weighted by atomic mass is 10.1. The predicted octanol–water partition coefficient (Wildman–Crippen LogP) is 3.17. The first-order chi connectivity index (χ1) is 10.6. The van der Waals surface area contributed by atoms with Gasteiger partial charge in [0.2, 0.25) is 0 Å². The fraction of sp³-hybridized carbons (Fsp3) is 0.250. The number of nitrogens with zero attached hydrogens (tertiary/aromatic N) is 2. The van der Waals surface area contributed by atoms with Gasteiger partial charge in [-0.15, -0.1) is 0 Å². The second-order valence-electron chi connectivity index (χ2n) is 5.01. The van der Waals surface area contributed by atoms with Crippen molar-refractivity contribution in [2.75, 3.05) is 18.6 Å². The van der Waals surface area contributed by atoms with E-state index in [1.807, 2.05) is 13.0 Å². The number of benzene rings is 1. The lowest BCUT2D eigenvalue weighted by Gasteiger charge is -2.33. The maximum absolute atomic E-state index is 12.8. The molecule has 1 aromatic carbocycles. The number of pyridine rings is 1. The van der Waals surface area contributed by atoms with Crippen molar-refractivity contribution in [2.24, 2.45) is 0 Å². The molecular weight excluding hydrogens is 304 g/mol. The minimum absolute atomic E-state index is 0.151. The molecule has 1 atom stereocenters. The van der Waals surface area contributed by atoms with E-state index in [2.05, 4.69) is 4.98 Å². The summed E-state index contributed by atoms with van der Waals surface area (Å²) in [4.78, 5) is 18.6. The summed E-state index contributed by atoms with van der Waals surface area (Å²) < 4.78 is 10.9. The molecule has 1 aromatic heterocycles. The average Bonchev–Trinajstić information content (AvgIpc) is 2.54. The molecule has 1 unspecified atom stereocenters. The van der Waals surface area contributed by atoms with Gasteiger partial charge in [-0.25, -0.2) is 0 Å². The number of hydrogen-bond donors (Lipinski definition) is 0. The van der Waals surface area contributed by atoms with Gasteiger partial charge in [0.15, 0.2) is 5.75 Å². The molecule has 0 N–H and O–H groups in total. The second kappa shape index (κ2) is 5.85. The molecule has 0 bridgehead atoms. The predicted molar refractivity (Wildman–Crippen MR) is 84.0 cm³/mol. The number of ether oxygens (including phenoxy) is 2. The van der Waals surface area contributed by atoms with Gasteiger partial charge >= 0.3 is 0 Å². The molecule has 6 heteroatoms. The van der Waals surface area contributed by atoms with Gasteiger partial charge in [-0.05, 0) is 25.1 Å². The lowest BCUT2D eigenvalue weighted by molar-refractivity contribution is 0.0956. The van der Waals surface area contributed by atoms with Gasteiger partial charge in [-0.3, -0.25) is 14.7 Å². The van der Waals surface area contributed by atoms with E-state index in [4.69, 9.17) is 21.1 Å². The van der Waals surface area contributed by atoms with Crippen molar-refractivity contribution in [3.63, 3.8) is 0 Å². The van der Waals surface area contributed by atoms with Crippen LogP contribution in [0.3, 0.4) is 0 Å². The van der Waals surface area contributed by atoms with Gasteiger partial charge in [0, 0.05) is 12.3 Å². The molecule has 0 aliphatic carbocycles. The molecule has 1 aliphatic heterocycles. The Balaban J connectivity index is 2.01. The van der Waals surface area contributed by atoms with Crippen LogP contribution in [-0.4, -0.2) is 30.6 Å². The Hall–Kier alpha value is -2.27. The summed E-state index contributed by atoms with van der Waals surface area (Å²) in [5, 5.41) is 0.487. The van der Waals surface area contributed by atoms with Crippen molar-refractivity contribution in [3.05, 3.63) is 47.2 Å². The molecule has 22 heavy (non-hydrogen) atoms. The summed E-state index contributed by atoms with van der Waals surface area (Å²) in [5.41, 5.74) is 0.972. The third-order valence-electron chi connectivity index (χ3n) is 3.43. The third kappa shape index (κ3) is 2.60. The van der Waals surface area contributed by atoms with Crippen LogP contribution in [0, 0.1) is 0 Å². The van der Waals surface area contributed by atoms with Crippen LogP contribution in [0.25, 0.3) is 0 Å². The number of anilines is 1. The molecule has 114 valence electrons. The van der Waals surface area contributed by atoms with Crippen LogP contribution < -0.4 is 14.4 Å². The molecule has 2 heterocycles. The summed E-state index contributed by atoms with van der Waals surface area (Å²) in [6.07, 6.45) is 1.40. The van der Waals surface area contributed by atoms with E-state index in [-0.39, 0.29) is 12.0 Å². The SMILES string of the molecule is COc1ccnc(C(=O)N2CC(C)Oc3c(Cl)cccc32)c1. The van der Waals surface area contributed by atoms with Crippen molar-refractivity contribution < 1.29 is 14.3 Å². The first kappa shape index (κ1) is 14.7. The van der Waals surface area contributed by atoms with E-state index in [1.165, 1.54) is 0 Å². The number of fused-ring (bicyclic) bond motifs is 1. The standard InChI is InChI=1S/C16H15ClN2O3/c1-10-9-19(14-5-3-4-12(17)15(14)22-10)16(20)13-8-11(21-2)6-7-18-13/h3-8,10H,9H2,1-2H3. The van der Waals surface area contributed by atoms with Crippen LogP contribution in [0.1, 0.15) is 17.4 Å². The van der Waals surface area contributed by atoms with Gasteiger partial charge in [0.25, 0.3) is 5.91 Å². The fourth-order valence-corrected chi connectivity index (χ4v) is 2.62. The highest BCUT2D eigenvalue weighted by Gasteiger charge is 2.30. The zero-order valence-electron chi connectivity index (χ0n) is 12.2. The maximum atomic E-state index is 12.8. The largest absolute Gasteiger partial charge is 0.497 e. The molecule has 0 radical (unpaired) electrons. The summed E-state index contributed by atoms with van der Waals surface area (Å²) >= 11 is 6.17. The van der Waals surface area contributed by atoms with Gasteiger partial charge in [-0.2, -0.15) is 0 Å². The molecule has 2 aromatic rings. The Kier molecular flexibility index (Phi) is 3.90. The Morgan fingerprint density at radius 2 is 2.27 bits per heavy atom. The van der Waals surface area contributed by atoms with E-state index in [0.717, 1.165) is 0 Å². The van der Waals surface area contributed by atoms with Crippen molar-refractivity contribution in [1.29, 1.82) is 0 Å². The average molecular weight is 319 g/mol. The van der Waals surface area contributed by atoms with Crippen LogP contribution in [0.4, 0.5) is 5.69 Å². The van der Waals surface area contributed by atoms with E-state index in [1.54, 1.807) is 42.5 Å². The molecule has 3 rings (SSSR count). The van der Waals surface area contributed by atoms with E-state index in [0.29, 0.717) is 34.4 Å². The second-order valence-corrected chi connectivity index (χ2v) is 5.42. The summed E-state index contributed by atoms with van der Waals surface area (Å²) in [6.45, 7) is 2.33. The van der Waals surface area contributed by atoms with Crippen LogP contribution in [0.15, 0.2) is 36.5 Å². The minimum atomic E-state index is -0.211. The number of carbonyl (C=O) groups is 1. The highest BCUT2D eigenvalue weighted by molar-refractivity contribution is 6.32. The van der Waals surface area contributed by atoms with Gasteiger partial charge in [0.05, 0.1) is 24.4 Å². The molecule has 1 aliphatic rings. The number of rotatable bonds is 2. The van der Waals surface area contributed by atoms with Gasteiger partial charge in [-0.1, -0.05) is 17.7 Å². The normalized spacial score (nSPS) is 16.7. The number of methoxy groups -OCH3 is 1. The van der Waals surface area contributed by atoms with E-state index < -0.39 is 0 Å². The first-order valence-electron chi connectivity index (χ1n) is 6.87. The Morgan fingerprint density at radius 1 is 1.45 bits per heavy atom. The molecule has 0 saturated heterocycles. The number of para-hydroxylation sites is 1. The van der Waals surface area contributed by atoms with E-state index >= 15 is 0 Å². The monoisotopic (exact) mass is 318 g/mol. The third-order valence-corrected chi connectivity index (χ3v) is 3.72. The van der Waals surface area contributed by atoms with Crippen molar-refractivity contribution in [3.8, 4) is 11.5 Å².